The predicted molar refractivity (Wildman–Crippen MR) is 128 cm³/mol. The third-order valence-electron chi connectivity index (χ3n) is 5.75. The van der Waals surface area contributed by atoms with Crippen LogP contribution in [0, 0.1) is 0 Å². The molecule has 0 aliphatic heterocycles. The number of hydrogen-bond acceptors (Lipinski definition) is 4. The Labute approximate surface area is 199 Å². The number of rotatable bonds is 11. The van der Waals surface area contributed by atoms with Gasteiger partial charge in [-0.1, -0.05) is 49.9 Å². The highest BCUT2D eigenvalue weighted by atomic mass is 16.7. The van der Waals surface area contributed by atoms with Crippen LogP contribution in [-0.2, 0) is 9.59 Å². The van der Waals surface area contributed by atoms with Gasteiger partial charge in [0.05, 0.1) is 23.6 Å². The summed E-state index contributed by atoms with van der Waals surface area (Å²) in [5.41, 5.74) is 1.74. The van der Waals surface area contributed by atoms with E-state index in [0.717, 1.165) is 60.3 Å². The normalized spacial score (nSPS) is 10.9. The van der Waals surface area contributed by atoms with Crippen molar-refractivity contribution in [1.82, 2.24) is 0 Å². The Hall–Kier alpha value is -3.80. The Morgan fingerprint density at radius 1 is 0.529 bits per heavy atom. The molecule has 0 aliphatic carbocycles. The van der Waals surface area contributed by atoms with Gasteiger partial charge in [0.1, 0.15) is 0 Å². The van der Waals surface area contributed by atoms with Crippen LogP contribution in [0.4, 0.5) is 0 Å². The molecule has 2 heterocycles. The van der Waals surface area contributed by atoms with E-state index in [2.05, 4.69) is 0 Å². The molecule has 0 amide bonds. The lowest BCUT2D eigenvalue weighted by molar-refractivity contribution is -0.848. The van der Waals surface area contributed by atoms with Crippen molar-refractivity contribution in [3.8, 4) is 0 Å². The van der Waals surface area contributed by atoms with Crippen molar-refractivity contribution < 1.29 is 28.7 Å². The lowest BCUT2D eigenvalue weighted by Gasteiger charge is -2.02. The molecule has 2 aromatic heterocycles. The number of fused-ring (bicyclic) bond motifs is 2. The van der Waals surface area contributed by atoms with Crippen LogP contribution >= 0.6 is 0 Å². The number of hydrogen-bond donors (Lipinski definition) is 0. The Bertz CT molecular complexity index is 1160. The molecule has 0 bridgehead atoms. The summed E-state index contributed by atoms with van der Waals surface area (Å²) in [4.78, 5) is 35.4. The number of carbonyl (C=O) groups excluding carboxylic acids is 2. The van der Waals surface area contributed by atoms with Gasteiger partial charge in [0.15, 0.2) is 0 Å². The highest BCUT2D eigenvalue weighted by Gasteiger charge is 2.16. The molecule has 0 N–H and O–H groups in total. The molecule has 0 radical (unpaired) electrons. The fraction of sp³-hybridized carbons (Fsp3) is 0.286. The SMILES string of the molecule is O=C(CCCCCCCCC(=O)O[n+]1cccc2ccccc21)O[n+]1cccc2ccccc21. The van der Waals surface area contributed by atoms with E-state index < -0.39 is 0 Å². The smallest absolute Gasteiger partial charge is 0.245 e. The standard InChI is InChI=1S/C28H30N2O4/c31-27(33-29-21-11-15-23-13-7-9-17-25(23)29)19-5-3-1-2-4-6-20-28(32)34-30-22-12-16-24-14-8-10-18-26(24)30/h7-18,21-22H,1-6,19-20H2/q+2. The fourth-order valence-electron chi connectivity index (χ4n) is 3.98. The summed E-state index contributed by atoms with van der Waals surface area (Å²) in [5.74, 6) is -0.454. The number of benzene rings is 2. The molecule has 4 aromatic rings. The molecule has 174 valence electrons. The van der Waals surface area contributed by atoms with Gasteiger partial charge in [-0.25, -0.2) is 9.59 Å². The van der Waals surface area contributed by atoms with Crippen LogP contribution in [0.2, 0.25) is 0 Å². The van der Waals surface area contributed by atoms with Crippen LogP contribution < -0.4 is 19.1 Å². The Kier molecular flexibility index (Phi) is 8.17. The van der Waals surface area contributed by atoms with Gasteiger partial charge < -0.3 is 0 Å². The molecule has 2 aromatic carbocycles. The summed E-state index contributed by atoms with van der Waals surface area (Å²) < 4.78 is 3.07. The maximum atomic E-state index is 12.2. The van der Waals surface area contributed by atoms with E-state index in [4.69, 9.17) is 9.68 Å². The number of nitrogens with zero attached hydrogens (tertiary/aromatic N) is 2. The van der Waals surface area contributed by atoms with E-state index in [-0.39, 0.29) is 11.9 Å². The average Bonchev–Trinajstić information content (AvgIpc) is 2.86. The molecule has 6 nitrogen and oxygen atoms in total. The second-order valence-electron chi connectivity index (χ2n) is 8.33. The summed E-state index contributed by atoms with van der Waals surface area (Å²) in [6.07, 6.45) is 9.87. The van der Waals surface area contributed by atoms with Crippen LogP contribution in [0.25, 0.3) is 21.8 Å². The van der Waals surface area contributed by atoms with Crippen molar-refractivity contribution in [3.05, 3.63) is 85.2 Å². The van der Waals surface area contributed by atoms with E-state index in [1.54, 1.807) is 12.4 Å². The molecule has 0 atom stereocenters. The summed E-state index contributed by atoms with van der Waals surface area (Å²) in [5, 5.41) is 2.05. The summed E-state index contributed by atoms with van der Waals surface area (Å²) in [6.45, 7) is 0. The van der Waals surface area contributed by atoms with Crippen molar-refractivity contribution in [2.24, 2.45) is 0 Å². The van der Waals surface area contributed by atoms with E-state index >= 15 is 0 Å². The van der Waals surface area contributed by atoms with Gasteiger partial charge in [-0.15, -0.1) is 0 Å². The topological polar surface area (TPSA) is 60.4 Å². The van der Waals surface area contributed by atoms with Crippen LogP contribution in [-0.4, -0.2) is 11.9 Å². The van der Waals surface area contributed by atoms with Gasteiger partial charge in [-0.05, 0) is 37.1 Å². The molecule has 34 heavy (non-hydrogen) atoms. The highest BCUT2D eigenvalue weighted by Crippen LogP contribution is 2.11. The zero-order chi connectivity index (χ0) is 23.6. The number of carbonyl (C=O) groups is 2. The van der Waals surface area contributed by atoms with Crippen molar-refractivity contribution >= 4 is 33.7 Å². The molecular formula is C28H30N2O4+2. The monoisotopic (exact) mass is 458 g/mol. The van der Waals surface area contributed by atoms with Gasteiger partial charge in [0.25, 0.3) is 11.0 Å². The van der Waals surface area contributed by atoms with E-state index in [1.807, 2.05) is 72.8 Å². The number of pyridine rings is 2. The second-order valence-corrected chi connectivity index (χ2v) is 8.33. The van der Waals surface area contributed by atoms with Gasteiger partial charge >= 0.3 is 11.9 Å². The number of aromatic nitrogens is 2. The number of para-hydroxylation sites is 2. The first-order valence-corrected chi connectivity index (χ1v) is 11.9. The largest absolute Gasteiger partial charge is 0.380 e. The maximum Gasteiger partial charge on any atom is 0.380 e. The second kappa shape index (κ2) is 11.9. The molecule has 6 heteroatoms. The molecule has 0 saturated heterocycles. The van der Waals surface area contributed by atoms with Gasteiger partial charge in [0.2, 0.25) is 12.4 Å². The summed E-state index contributed by atoms with van der Waals surface area (Å²) in [6, 6.07) is 23.3. The predicted octanol–water partition coefficient (Wildman–Crippen LogP) is 4.30. The van der Waals surface area contributed by atoms with Crippen molar-refractivity contribution in [1.29, 1.82) is 0 Å². The van der Waals surface area contributed by atoms with Crippen molar-refractivity contribution in [2.45, 2.75) is 51.4 Å². The van der Waals surface area contributed by atoms with E-state index in [1.165, 1.54) is 9.46 Å². The lowest BCUT2D eigenvalue weighted by Crippen LogP contribution is -2.46. The quantitative estimate of drug-likeness (QED) is 0.248. The molecule has 0 saturated carbocycles. The molecule has 0 spiro atoms. The minimum atomic E-state index is -0.227. The van der Waals surface area contributed by atoms with Crippen LogP contribution in [0.1, 0.15) is 51.4 Å². The maximum absolute atomic E-state index is 12.2. The molecule has 0 aliphatic rings. The summed E-state index contributed by atoms with van der Waals surface area (Å²) >= 11 is 0. The van der Waals surface area contributed by atoms with Crippen LogP contribution in [0.5, 0.6) is 0 Å². The highest BCUT2D eigenvalue weighted by molar-refractivity contribution is 5.76. The zero-order valence-electron chi connectivity index (χ0n) is 19.3. The number of unbranched alkanes of at least 4 members (excludes halogenated alkanes) is 5. The third-order valence-corrected chi connectivity index (χ3v) is 5.75. The average molecular weight is 459 g/mol. The zero-order valence-corrected chi connectivity index (χ0v) is 19.3. The first-order valence-electron chi connectivity index (χ1n) is 11.9. The van der Waals surface area contributed by atoms with E-state index in [0.29, 0.717) is 12.8 Å². The molecular weight excluding hydrogens is 428 g/mol. The lowest BCUT2D eigenvalue weighted by atomic mass is 10.1. The van der Waals surface area contributed by atoms with Crippen molar-refractivity contribution in [3.63, 3.8) is 0 Å². The molecule has 0 unspecified atom stereocenters. The Balaban J connectivity index is 1.08. The molecule has 0 fully saturated rings. The minimum Gasteiger partial charge on any atom is -0.245 e. The first-order chi connectivity index (χ1) is 16.7. The molecule has 4 rings (SSSR count). The Morgan fingerprint density at radius 2 is 0.912 bits per heavy atom. The Morgan fingerprint density at radius 3 is 1.38 bits per heavy atom. The van der Waals surface area contributed by atoms with Crippen LogP contribution in [0.3, 0.4) is 0 Å². The minimum absolute atomic E-state index is 0.227. The van der Waals surface area contributed by atoms with Gasteiger partial charge in [0, 0.05) is 33.7 Å². The first kappa shape index (κ1) is 23.4. The third kappa shape index (κ3) is 6.38. The summed E-state index contributed by atoms with van der Waals surface area (Å²) in [7, 11) is 0. The van der Waals surface area contributed by atoms with Gasteiger partial charge in [-0.3, -0.25) is 0 Å². The van der Waals surface area contributed by atoms with Crippen molar-refractivity contribution in [2.75, 3.05) is 0 Å². The van der Waals surface area contributed by atoms with Crippen LogP contribution in [0.15, 0.2) is 85.2 Å². The van der Waals surface area contributed by atoms with E-state index in [9.17, 15) is 9.59 Å². The van der Waals surface area contributed by atoms with Gasteiger partial charge in [-0.2, -0.15) is 9.68 Å². The fourth-order valence-corrected chi connectivity index (χ4v) is 3.98.